The van der Waals surface area contributed by atoms with Gasteiger partial charge in [0, 0.05) is 6.07 Å². The lowest BCUT2D eigenvalue weighted by molar-refractivity contribution is -0.385. The molecular formula is C13H17N3O5. The predicted molar refractivity (Wildman–Crippen MR) is 74.4 cm³/mol. The maximum absolute atomic E-state index is 11.3. The van der Waals surface area contributed by atoms with Crippen LogP contribution in [-0.4, -0.2) is 38.2 Å². The molecule has 0 bridgehead atoms. The van der Waals surface area contributed by atoms with Gasteiger partial charge in [0.2, 0.25) is 0 Å². The van der Waals surface area contributed by atoms with Crippen LogP contribution in [-0.2, 0) is 0 Å². The number of pyridine rings is 1. The summed E-state index contributed by atoms with van der Waals surface area (Å²) in [7, 11) is 0. The third-order valence-corrected chi connectivity index (χ3v) is 3.81. The van der Waals surface area contributed by atoms with Crippen LogP contribution in [0.15, 0.2) is 12.3 Å². The fraction of sp³-hybridized carbons (Fsp3) is 0.538. The molecule has 114 valence electrons. The summed E-state index contributed by atoms with van der Waals surface area (Å²) in [6, 6.07) is 0.978. The standard InChI is InChI=1S/C13H17N3O5/c17-8-13(4-2-1-3-5-13)15-11-10(12(18)19)6-9(7-14-11)16(20)21/h6-7,17H,1-5,8H2,(H,14,15)(H,18,19). The molecule has 8 nitrogen and oxygen atoms in total. The number of carbonyl (C=O) groups is 1. The lowest BCUT2D eigenvalue weighted by Crippen LogP contribution is -2.44. The molecule has 0 aliphatic heterocycles. The van der Waals surface area contributed by atoms with E-state index in [2.05, 4.69) is 10.3 Å². The lowest BCUT2D eigenvalue weighted by Gasteiger charge is -2.37. The van der Waals surface area contributed by atoms with Gasteiger partial charge in [-0.25, -0.2) is 9.78 Å². The Kier molecular flexibility index (Phi) is 4.37. The van der Waals surface area contributed by atoms with E-state index in [0.29, 0.717) is 12.8 Å². The monoisotopic (exact) mass is 295 g/mol. The number of carboxylic acids is 1. The number of nitrogens with zero attached hydrogens (tertiary/aromatic N) is 2. The van der Waals surface area contributed by atoms with E-state index in [0.717, 1.165) is 31.5 Å². The average molecular weight is 295 g/mol. The number of aliphatic hydroxyl groups excluding tert-OH is 1. The van der Waals surface area contributed by atoms with E-state index >= 15 is 0 Å². The largest absolute Gasteiger partial charge is 0.478 e. The van der Waals surface area contributed by atoms with E-state index in [4.69, 9.17) is 0 Å². The van der Waals surface area contributed by atoms with Crippen LogP contribution in [0.1, 0.15) is 42.5 Å². The minimum Gasteiger partial charge on any atom is -0.478 e. The molecule has 0 aromatic carbocycles. The highest BCUT2D eigenvalue weighted by atomic mass is 16.6. The Morgan fingerprint density at radius 3 is 2.62 bits per heavy atom. The van der Waals surface area contributed by atoms with Crippen molar-refractivity contribution < 1.29 is 19.9 Å². The second-order valence-corrected chi connectivity index (χ2v) is 5.28. The number of hydrogen-bond acceptors (Lipinski definition) is 6. The Labute approximate surface area is 121 Å². The van der Waals surface area contributed by atoms with Gasteiger partial charge in [0.05, 0.1) is 17.1 Å². The zero-order chi connectivity index (χ0) is 15.5. The van der Waals surface area contributed by atoms with E-state index in [1.54, 1.807) is 0 Å². The molecule has 1 fully saturated rings. The highest BCUT2D eigenvalue weighted by Crippen LogP contribution is 2.32. The SMILES string of the molecule is O=C(O)c1cc([N+](=O)[O-])cnc1NC1(CO)CCCCC1. The van der Waals surface area contributed by atoms with Gasteiger partial charge in [0.25, 0.3) is 5.69 Å². The average Bonchev–Trinajstić information content (AvgIpc) is 2.48. The topological polar surface area (TPSA) is 126 Å². The summed E-state index contributed by atoms with van der Waals surface area (Å²) < 4.78 is 0. The number of aromatic carboxylic acids is 1. The summed E-state index contributed by atoms with van der Waals surface area (Å²) in [6.07, 6.45) is 5.37. The molecule has 3 N–H and O–H groups in total. The Morgan fingerprint density at radius 1 is 1.43 bits per heavy atom. The number of aliphatic hydroxyl groups is 1. The summed E-state index contributed by atoms with van der Waals surface area (Å²) in [5.74, 6) is -1.23. The van der Waals surface area contributed by atoms with Gasteiger partial charge in [0.1, 0.15) is 17.6 Å². The highest BCUT2D eigenvalue weighted by molar-refractivity contribution is 5.94. The zero-order valence-corrected chi connectivity index (χ0v) is 11.4. The number of aromatic nitrogens is 1. The smallest absolute Gasteiger partial charge is 0.339 e. The number of anilines is 1. The van der Waals surface area contributed by atoms with Gasteiger partial charge in [-0.3, -0.25) is 10.1 Å². The molecular weight excluding hydrogens is 278 g/mol. The van der Waals surface area contributed by atoms with E-state index < -0.39 is 16.4 Å². The van der Waals surface area contributed by atoms with E-state index in [1.807, 2.05) is 0 Å². The van der Waals surface area contributed by atoms with Gasteiger partial charge in [-0.1, -0.05) is 19.3 Å². The van der Waals surface area contributed by atoms with Crippen molar-refractivity contribution in [2.24, 2.45) is 0 Å². The van der Waals surface area contributed by atoms with Crippen LogP contribution >= 0.6 is 0 Å². The van der Waals surface area contributed by atoms with E-state index in [-0.39, 0.29) is 23.7 Å². The van der Waals surface area contributed by atoms with Gasteiger partial charge in [-0.2, -0.15) is 0 Å². The maximum Gasteiger partial charge on any atom is 0.339 e. The first kappa shape index (κ1) is 15.2. The quantitative estimate of drug-likeness (QED) is 0.558. The first-order chi connectivity index (χ1) is 9.97. The Morgan fingerprint density at radius 2 is 2.10 bits per heavy atom. The van der Waals surface area contributed by atoms with Crippen LogP contribution in [0.25, 0.3) is 0 Å². The van der Waals surface area contributed by atoms with Crippen LogP contribution in [0, 0.1) is 10.1 Å². The summed E-state index contributed by atoms with van der Waals surface area (Å²) in [5.41, 5.74) is -1.24. The van der Waals surface area contributed by atoms with Gasteiger partial charge >= 0.3 is 5.97 Å². The third kappa shape index (κ3) is 3.27. The number of rotatable bonds is 5. The molecule has 1 heterocycles. The van der Waals surface area contributed by atoms with Gasteiger partial charge in [0.15, 0.2) is 0 Å². The molecule has 0 atom stereocenters. The second kappa shape index (κ2) is 6.04. The van der Waals surface area contributed by atoms with Crippen molar-refractivity contribution in [1.82, 2.24) is 4.98 Å². The van der Waals surface area contributed by atoms with Crippen LogP contribution in [0.5, 0.6) is 0 Å². The van der Waals surface area contributed by atoms with Crippen LogP contribution < -0.4 is 5.32 Å². The van der Waals surface area contributed by atoms with Crippen molar-refractivity contribution in [2.45, 2.75) is 37.6 Å². The zero-order valence-electron chi connectivity index (χ0n) is 11.4. The van der Waals surface area contributed by atoms with Crippen molar-refractivity contribution in [2.75, 3.05) is 11.9 Å². The summed E-state index contributed by atoms with van der Waals surface area (Å²) >= 11 is 0. The van der Waals surface area contributed by atoms with Gasteiger partial charge in [-0.05, 0) is 12.8 Å². The van der Waals surface area contributed by atoms with Crippen molar-refractivity contribution in [1.29, 1.82) is 0 Å². The molecule has 0 unspecified atom stereocenters. The predicted octanol–water partition coefficient (Wildman–Crippen LogP) is 1.80. The highest BCUT2D eigenvalue weighted by Gasteiger charge is 2.33. The van der Waals surface area contributed by atoms with Gasteiger partial charge in [-0.15, -0.1) is 0 Å². The third-order valence-electron chi connectivity index (χ3n) is 3.81. The van der Waals surface area contributed by atoms with E-state index in [9.17, 15) is 25.1 Å². The van der Waals surface area contributed by atoms with Crippen molar-refractivity contribution in [3.05, 3.63) is 27.9 Å². The second-order valence-electron chi connectivity index (χ2n) is 5.28. The molecule has 1 saturated carbocycles. The molecule has 0 saturated heterocycles. The molecule has 1 aliphatic carbocycles. The Bertz CT molecular complexity index is 555. The molecule has 2 rings (SSSR count). The molecule has 8 heteroatoms. The fourth-order valence-electron chi connectivity index (χ4n) is 2.62. The minimum absolute atomic E-state index is 0.0593. The molecule has 1 aliphatic rings. The lowest BCUT2D eigenvalue weighted by atomic mass is 9.82. The summed E-state index contributed by atoms with van der Waals surface area (Å²) in [6.45, 7) is -0.134. The maximum atomic E-state index is 11.3. The van der Waals surface area contributed by atoms with Gasteiger partial charge < -0.3 is 15.5 Å². The number of nitro groups is 1. The first-order valence-corrected chi connectivity index (χ1v) is 6.74. The summed E-state index contributed by atoms with van der Waals surface area (Å²) in [4.78, 5) is 25.1. The molecule has 1 aromatic rings. The Hall–Kier alpha value is -2.22. The van der Waals surface area contributed by atoms with Crippen molar-refractivity contribution >= 4 is 17.5 Å². The molecule has 21 heavy (non-hydrogen) atoms. The first-order valence-electron chi connectivity index (χ1n) is 6.74. The molecule has 0 radical (unpaired) electrons. The van der Waals surface area contributed by atoms with Crippen LogP contribution in [0.2, 0.25) is 0 Å². The van der Waals surface area contributed by atoms with Crippen LogP contribution in [0.4, 0.5) is 11.5 Å². The van der Waals surface area contributed by atoms with Crippen molar-refractivity contribution in [3.63, 3.8) is 0 Å². The van der Waals surface area contributed by atoms with Crippen molar-refractivity contribution in [3.8, 4) is 0 Å². The normalized spacial score (nSPS) is 17.2. The summed E-state index contributed by atoms with van der Waals surface area (Å²) in [5, 5.41) is 32.5. The minimum atomic E-state index is -1.29. The number of nitrogens with one attached hydrogen (secondary N) is 1. The molecule has 1 aromatic heterocycles. The van der Waals surface area contributed by atoms with Crippen LogP contribution in [0.3, 0.4) is 0 Å². The molecule has 0 amide bonds. The van der Waals surface area contributed by atoms with E-state index in [1.165, 1.54) is 0 Å². The number of carboxylic acid groups (broad SMARTS) is 1. The Balaban J connectivity index is 2.34. The number of hydrogen-bond donors (Lipinski definition) is 3. The molecule has 0 spiro atoms. The fourth-order valence-corrected chi connectivity index (χ4v) is 2.62.